The minimum atomic E-state index is -1.09. The van der Waals surface area contributed by atoms with Gasteiger partial charge in [0, 0.05) is 46.2 Å². The molecule has 9 nitrogen and oxygen atoms in total. The Labute approximate surface area is 267 Å². The van der Waals surface area contributed by atoms with E-state index in [9.17, 15) is 19.2 Å². The number of fused-ring (bicyclic) bond motifs is 2. The van der Waals surface area contributed by atoms with Gasteiger partial charge in [0.25, 0.3) is 0 Å². The molecule has 0 aliphatic rings. The summed E-state index contributed by atoms with van der Waals surface area (Å²) in [6.45, 7) is 3.87. The first-order valence-corrected chi connectivity index (χ1v) is 15.5. The molecule has 4 aromatic rings. The molecule has 4 rings (SSSR count). The molecule has 0 bridgehead atoms. The number of aliphatic carboxylic acids is 1. The van der Waals surface area contributed by atoms with Crippen LogP contribution in [0.5, 0.6) is 23.0 Å². The number of halogens is 2. The van der Waals surface area contributed by atoms with Gasteiger partial charge in [-0.05, 0) is 51.7 Å². The smallest absolute Gasteiger partial charge is 0.303 e. The molecule has 226 valence electrons. The highest BCUT2D eigenvalue weighted by atomic mass is 127. The second-order valence-electron chi connectivity index (χ2n) is 9.32. The Morgan fingerprint density at radius 1 is 0.814 bits per heavy atom. The number of thiophene rings is 2. The van der Waals surface area contributed by atoms with E-state index in [2.05, 4.69) is 6.58 Å². The first-order valence-electron chi connectivity index (χ1n) is 12.8. The Balaban J connectivity index is 1.44. The summed E-state index contributed by atoms with van der Waals surface area (Å²) in [5.41, 5.74) is 0.475. The number of methoxy groups -OCH3 is 2. The number of rotatable bonds is 16. The Bertz CT molecular complexity index is 1740. The molecule has 0 unspecified atom stereocenters. The van der Waals surface area contributed by atoms with Gasteiger partial charge in [-0.2, -0.15) is 0 Å². The van der Waals surface area contributed by atoms with Gasteiger partial charge in [0.05, 0.1) is 30.4 Å². The van der Waals surface area contributed by atoms with Gasteiger partial charge in [-0.1, -0.05) is 6.58 Å². The average Bonchev–Trinajstić information content (AvgIpc) is 3.60. The van der Waals surface area contributed by atoms with Crippen molar-refractivity contribution in [3.05, 3.63) is 58.1 Å². The predicted molar refractivity (Wildman–Crippen MR) is 171 cm³/mol. The molecule has 0 aliphatic carbocycles. The van der Waals surface area contributed by atoms with Crippen LogP contribution in [0.1, 0.15) is 45.0 Å². The first-order chi connectivity index (χ1) is 20.5. The average molecular weight is 741 g/mol. The van der Waals surface area contributed by atoms with E-state index in [1.807, 2.05) is 0 Å². The number of benzene rings is 2. The SMILES string of the molecule is C=C(COc1cc2cc(C(=O)CCC(=O)I)sc2cc1OC)COc1c(OC)cc2sc(C(=O)CCC(=O)O)cc2c1F. The number of carboxylic acids is 1. The molecular weight excluding hydrogens is 714 g/mol. The zero-order chi connectivity index (χ0) is 31.3. The topological polar surface area (TPSA) is 125 Å². The van der Waals surface area contributed by atoms with Crippen LogP contribution in [0.25, 0.3) is 20.2 Å². The van der Waals surface area contributed by atoms with Crippen LogP contribution in [0, 0.1) is 5.82 Å². The van der Waals surface area contributed by atoms with Gasteiger partial charge in [-0.15, -0.1) is 22.7 Å². The monoisotopic (exact) mass is 740 g/mol. The third-order valence-electron chi connectivity index (χ3n) is 6.22. The van der Waals surface area contributed by atoms with E-state index >= 15 is 4.39 Å². The van der Waals surface area contributed by atoms with Gasteiger partial charge in [0.15, 0.2) is 44.2 Å². The molecule has 1 N–H and O–H groups in total. The maximum atomic E-state index is 15.5. The fourth-order valence-electron chi connectivity index (χ4n) is 4.05. The van der Waals surface area contributed by atoms with Crippen LogP contribution in [-0.2, 0) is 9.59 Å². The molecule has 43 heavy (non-hydrogen) atoms. The molecule has 0 aliphatic heterocycles. The van der Waals surface area contributed by atoms with E-state index in [4.69, 9.17) is 24.1 Å². The zero-order valence-corrected chi connectivity index (χ0v) is 26.9. The van der Waals surface area contributed by atoms with Crippen LogP contribution < -0.4 is 18.9 Å². The largest absolute Gasteiger partial charge is 0.493 e. The van der Waals surface area contributed by atoms with Crippen LogP contribution in [0.3, 0.4) is 0 Å². The van der Waals surface area contributed by atoms with Crippen molar-refractivity contribution in [1.82, 2.24) is 0 Å². The van der Waals surface area contributed by atoms with Crippen LogP contribution in [0.4, 0.5) is 4.39 Å². The van der Waals surface area contributed by atoms with Crippen molar-refractivity contribution in [1.29, 1.82) is 0 Å². The first kappa shape index (κ1) is 32.4. The summed E-state index contributed by atoms with van der Waals surface area (Å²) in [7, 11) is 2.87. The minimum Gasteiger partial charge on any atom is -0.493 e. The van der Waals surface area contributed by atoms with E-state index in [1.165, 1.54) is 31.6 Å². The summed E-state index contributed by atoms with van der Waals surface area (Å²) in [5.74, 6) is -1.46. The lowest BCUT2D eigenvalue weighted by atomic mass is 10.1. The van der Waals surface area contributed by atoms with E-state index in [0.717, 1.165) is 21.4 Å². The van der Waals surface area contributed by atoms with Gasteiger partial charge in [-0.3, -0.25) is 19.2 Å². The molecule has 0 amide bonds. The zero-order valence-electron chi connectivity index (χ0n) is 23.1. The Hall–Kier alpha value is -3.56. The van der Waals surface area contributed by atoms with Crippen molar-refractivity contribution in [2.75, 3.05) is 27.4 Å². The molecule has 2 heterocycles. The lowest BCUT2D eigenvalue weighted by Crippen LogP contribution is -2.10. The normalized spacial score (nSPS) is 11.0. The number of carboxylic acid groups (broad SMARTS) is 1. The number of carbonyl (C=O) groups excluding carboxylic acids is 3. The summed E-state index contributed by atoms with van der Waals surface area (Å²) >= 11 is 4.04. The molecule has 0 radical (unpaired) electrons. The Morgan fingerprint density at radius 2 is 1.42 bits per heavy atom. The quantitative estimate of drug-likeness (QED) is 0.0547. The van der Waals surface area contributed by atoms with E-state index in [0.29, 0.717) is 26.6 Å². The summed E-state index contributed by atoms with van der Waals surface area (Å²) < 4.78 is 39.1. The Morgan fingerprint density at radius 3 is 2.07 bits per heavy atom. The molecule has 0 saturated heterocycles. The van der Waals surface area contributed by atoms with Crippen molar-refractivity contribution in [2.45, 2.75) is 25.7 Å². The van der Waals surface area contributed by atoms with Crippen LogP contribution in [0.15, 0.2) is 42.5 Å². The Kier molecular flexibility index (Phi) is 10.7. The maximum absolute atomic E-state index is 15.5. The number of ketones is 2. The van der Waals surface area contributed by atoms with Crippen LogP contribution >= 0.6 is 45.3 Å². The minimum absolute atomic E-state index is 0.0163. The summed E-state index contributed by atoms with van der Waals surface area (Å²) in [6, 6.07) is 8.22. The van der Waals surface area contributed by atoms with Crippen molar-refractivity contribution >= 4 is 86.8 Å². The standard InChI is InChI=1S/C30H26FIO9S2/c1-15(13-40-21-8-16-9-25(18(33)4-6-27(32)35)42-23(16)11-20(21)38-2)14-41-30-22(39-3)12-24-17(29(30)31)10-26(43-24)19(34)5-7-28(36)37/h8-12H,1,4-7,13-14H2,2-3H3,(H,36,37). The molecular formula is C30H26FIO9S2. The lowest BCUT2D eigenvalue weighted by Gasteiger charge is -2.15. The fraction of sp³-hybridized carbons (Fsp3) is 0.267. The number of Topliss-reactive ketones (excluding diaryl/α,β-unsaturated/α-hetero) is 2. The van der Waals surface area contributed by atoms with Gasteiger partial charge >= 0.3 is 5.97 Å². The second kappa shape index (κ2) is 14.3. The summed E-state index contributed by atoms with van der Waals surface area (Å²) in [5, 5.41) is 9.78. The molecule has 0 saturated carbocycles. The molecule has 2 aromatic carbocycles. The molecule has 2 aromatic heterocycles. The molecule has 13 heteroatoms. The van der Waals surface area contributed by atoms with E-state index < -0.39 is 11.8 Å². The molecule has 0 fully saturated rings. The third-order valence-corrected chi connectivity index (χ3v) is 9.02. The highest BCUT2D eigenvalue weighted by Crippen LogP contribution is 2.41. The van der Waals surface area contributed by atoms with Gasteiger partial charge in [-0.25, -0.2) is 4.39 Å². The van der Waals surface area contributed by atoms with Crippen molar-refractivity contribution in [3.8, 4) is 23.0 Å². The molecule has 0 atom stereocenters. The third kappa shape index (κ3) is 7.89. The van der Waals surface area contributed by atoms with Crippen molar-refractivity contribution < 1.29 is 47.6 Å². The number of hydrogen-bond acceptors (Lipinski definition) is 10. The summed E-state index contributed by atoms with van der Waals surface area (Å²) in [4.78, 5) is 47.7. The number of hydrogen-bond donors (Lipinski definition) is 1. The van der Waals surface area contributed by atoms with E-state index in [-0.39, 0.29) is 76.0 Å². The second-order valence-corrected chi connectivity index (χ2v) is 12.7. The van der Waals surface area contributed by atoms with Crippen molar-refractivity contribution in [3.63, 3.8) is 0 Å². The number of ether oxygens (including phenoxy) is 4. The molecule has 0 spiro atoms. The van der Waals surface area contributed by atoms with Crippen LogP contribution in [0.2, 0.25) is 0 Å². The fourth-order valence-corrected chi connectivity index (χ4v) is 6.42. The predicted octanol–water partition coefficient (Wildman–Crippen LogP) is 7.26. The van der Waals surface area contributed by atoms with Gasteiger partial charge in [0.1, 0.15) is 13.2 Å². The summed E-state index contributed by atoms with van der Waals surface area (Å²) in [6.07, 6.45) is -0.172. The van der Waals surface area contributed by atoms with Crippen LogP contribution in [-0.4, -0.2) is 53.9 Å². The maximum Gasteiger partial charge on any atom is 0.303 e. The highest BCUT2D eigenvalue weighted by molar-refractivity contribution is 14.1. The number of carbonyl (C=O) groups is 4. The van der Waals surface area contributed by atoms with Gasteiger partial charge in [0.2, 0.25) is 0 Å². The van der Waals surface area contributed by atoms with Crippen molar-refractivity contribution in [2.24, 2.45) is 0 Å². The lowest BCUT2D eigenvalue weighted by molar-refractivity contribution is -0.137. The van der Waals surface area contributed by atoms with E-state index in [1.54, 1.807) is 46.9 Å². The highest BCUT2D eigenvalue weighted by Gasteiger charge is 2.21. The van der Waals surface area contributed by atoms with Gasteiger partial charge < -0.3 is 24.1 Å².